The number of benzene rings is 1. The number of hydrazine groups is 1. The lowest BCUT2D eigenvalue weighted by Gasteiger charge is -2.20. The monoisotopic (exact) mass is 218 g/mol. The molecule has 2 N–H and O–H groups in total. The number of nitrogens with zero attached hydrogens (tertiary/aromatic N) is 1. The van der Waals surface area contributed by atoms with Gasteiger partial charge in [0.25, 0.3) is 0 Å². The molecule has 0 saturated heterocycles. The maximum absolute atomic E-state index is 12.0. The van der Waals surface area contributed by atoms with Crippen LogP contribution in [0.5, 0.6) is 0 Å². The van der Waals surface area contributed by atoms with Crippen molar-refractivity contribution in [1.82, 2.24) is 5.01 Å². The molecule has 2 rings (SSSR count). The molecule has 1 amide bonds. The van der Waals surface area contributed by atoms with Gasteiger partial charge in [0.2, 0.25) is 5.91 Å². The van der Waals surface area contributed by atoms with Gasteiger partial charge in [-0.25, -0.2) is 5.84 Å². The molecule has 0 bridgehead atoms. The third-order valence-electron chi connectivity index (χ3n) is 3.54. The van der Waals surface area contributed by atoms with Crippen molar-refractivity contribution >= 4 is 5.91 Å². The second-order valence-corrected chi connectivity index (χ2v) is 4.80. The van der Waals surface area contributed by atoms with Gasteiger partial charge in [-0.05, 0) is 43.4 Å². The van der Waals surface area contributed by atoms with E-state index in [4.69, 9.17) is 5.84 Å². The molecule has 0 heterocycles. The van der Waals surface area contributed by atoms with Crippen molar-refractivity contribution < 1.29 is 4.79 Å². The first-order valence-electron chi connectivity index (χ1n) is 5.58. The van der Waals surface area contributed by atoms with Crippen LogP contribution in [-0.2, 0) is 10.2 Å². The Morgan fingerprint density at radius 3 is 2.38 bits per heavy atom. The highest BCUT2D eigenvalue weighted by Crippen LogP contribution is 2.49. The number of hydrogen-bond acceptors (Lipinski definition) is 2. The minimum atomic E-state index is -0.331. The van der Waals surface area contributed by atoms with Gasteiger partial charge in [-0.15, -0.1) is 0 Å². The van der Waals surface area contributed by atoms with Crippen molar-refractivity contribution in [2.45, 2.75) is 32.1 Å². The fourth-order valence-corrected chi connectivity index (χ4v) is 2.13. The van der Waals surface area contributed by atoms with Crippen LogP contribution in [0.2, 0.25) is 0 Å². The number of hydrogen-bond donors (Lipinski definition) is 1. The second kappa shape index (κ2) is 3.59. The third kappa shape index (κ3) is 1.61. The van der Waals surface area contributed by atoms with Gasteiger partial charge in [-0.3, -0.25) is 9.80 Å². The van der Waals surface area contributed by atoms with Crippen LogP contribution < -0.4 is 5.84 Å². The summed E-state index contributed by atoms with van der Waals surface area (Å²) < 4.78 is 0. The molecule has 16 heavy (non-hydrogen) atoms. The van der Waals surface area contributed by atoms with Gasteiger partial charge in [-0.1, -0.05) is 18.2 Å². The molecule has 1 aliphatic rings. The zero-order valence-electron chi connectivity index (χ0n) is 10.1. The summed E-state index contributed by atoms with van der Waals surface area (Å²) in [4.78, 5) is 12.0. The Bertz CT molecular complexity index is 434. The van der Waals surface area contributed by atoms with Crippen molar-refractivity contribution in [3.8, 4) is 0 Å². The Morgan fingerprint density at radius 1 is 1.31 bits per heavy atom. The molecule has 1 aromatic rings. The Balaban J connectivity index is 2.37. The minimum Gasteiger partial charge on any atom is -0.283 e. The van der Waals surface area contributed by atoms with E-state index in [-0.39, 0.29) is 11.3 Å². The van der Waals surface area contributed by atoms with Crippen molar-refractivity contribution in [2.75, 3.05) is 7.05 Å². The number of carbonyl (C=O) groups is 1. The molecule has 0 atom stereocenters. The standard InChI is InChI=1S/C13H18N2O/c1-9-4-5-11(8-10(9)2)13(6-7-13)12(16)15(3)14/h4-5,8H,6-7,14H2,1-3H3. The van der Waals surface area contributed by atoms with Crippen LogP contribution in [-0.4, -0.2) is 18.0 Å². The van der Waals surface area contributed by atoms with E-state index in [1.807, 2.05) is 0 Å². The lowest BCUT2D eigenvalue weighted by Crippen LogP contribution is -2.41. The van der Waals surface area contributed by atoms with Gasteiger partial charge in [0.1, 0.15) is 0 Å². The van der Waals surface area contributed by atoms with Crippen molar-refractivity contribution in [3.63, 3.8) is 0 Å². The Labute approximate surface area is 96.2 Å². The van der Waals surface area contributed by atoms with Crippen LogP contribution in [0.1, 0.15) is 29.5 Å². The first-order valence-corrected chi connectivity index (χ1v) is 5.58. The normalized spacial score (nSPS) is 17.0. The predicted molar refractivity (Wildman–Crippen MR) is 63.8 cm³/mol. The summed E-state index contributed by atoms with van der Waals surface area (Å²) in [6, 6.07) is 6.25. The molecule has 3 heteroatoms. The first-order chi connectivity index (χ1) is 7.47. The van der Waals surface area contributed by atoms with E-state index < -0.39 is 0 Å². The number of carbonyl (C=O) groups excluding carboxylic acids is 1. The predicted octanol–water partition coefficient (Wildman–Crippen LogP) is 1.67. The molecular weight excluding hydrogens is 200 g/mol. The summed E-state index contributed by atoms with van der Waals surface area (Å²) >= 11 is 0. The molecule has 1 saturated carbocycles. The van der Waals surface area contributed by atoms with Gasteiger partial charge in [-0.2, -0.15) is 0 Å². The Morgan fingerprint density at radius 2 is 1.94 bits per heavy atom. The molecule has 0 unspecified atom stereocenters. The summed E-state index contributed by atoms with van der Waals surface area (Å²) in [5, 5.41) is 1.21. The Kier molecular flexibility index (Phi) is 2.50. The van der Waals surface area contributed by atoms with Crippen LogP contribution in [0.15, 0.2) is 18.2 Å². The molecular formula is C13H18N2O. The van der Waals surface area contributed by atoms with E-state index >= 15 is 0 Å². The van der Waals surface area contributed by atoms with Gasteiger partial charge in [0, 0.05) is 7.05 Å². The highest BCUT2D eigenvalue weighted by Gasteiger charge is 2.52. The summed E-state index contributed by atoms with van der Waals surface area (Å²) in [6.07, 6.45) is 1.83. The molecule has 0 spiro atoms. The average Bonchev–Trinajstić information content (AvgIpc) is 3.02. The van der Waals surface area contributed by atoms with Crippen molar-refractivity contribution in [2.24, 2.45) is 5.84 Å². The fraction of sp³-hybridized carbons (Fsp3) is 0.462. The fourth-order valence-electron chi connectivity index (χ4n) is 2.13. The number of nitrogens with two attached hydrogens (primary N) is 1. The van der Waals surface area contributed by atoms with E-state index in [0.717, 1.165) is 18.4 Å². The van der Waals surface area contributed by atoms with E-state index in [9.17, 15) is 4.79 Å². The number of aryl methyl sites for hydroxylation is 2. The van der Waals surface area contributed by atoms with Gasteiger partial charge >= 0.3 is 0 Å². The molecule has 86 valence electrons. The average molecular weight is 218 g/mol. The van der Waals surface area contributed by atoms with E-state index in [1.54, 1.807) is 7.05 Å². The van der Waals surface area contributed by atoms with Crippen LogP contribution in [0.25, 0.3) is 0 Å². The molecule has 1 fully saturated rings. The smallest absolute Gasteiger partial charge is 0.246 e. The zero-order chi connectivity index (χ0) is 11.9. The second-order valence-electron chi connectivity index (χ2n) is 4.80. The Hall–Kier alpha value is -1.35. The van der Waals surface area contributed by atoms with Crippen molar-refractivity contribution in [3.05, 3.63) is 34.9 Å². The molecule has 0 aromatic heterocycles. The quantitative estimate of drug-likeness (QED) is 0.466. The summed E-state index contributed by atoms with van der Waals surface area (Å²) in [5.74, 6) is 5.57. The van der Waals surface area contributed by atoms with E-state index in [0.29, 0.717) is 0 Å². The number of likely N-dealkylation sites (N-methyl/N-ethyl adjacent to an activating group) is 1. The molecule has 0 radical (unpaired) electrons. The lowest BCUT2D eigenvalue weighted by atomic mass is 9.92. The molecule has 1 aromatic carbocycles. The molecule has 1 aliphatic carbocycles. The van der Waals surface area contributed by atoms with Crippen LogP contribution in [0.3, 0.4) is 0 Å². The number of rotatable bonds is 2. The molecule has 0 aliphatic heterocycles. The maximum Gasteiger partial charge on any atom is 0.246 e. The lowest BCUT2D eigenvalue weighted by molar-refractivity contribution is -0.132. The van der Waals surface area contributed by atoms with Gasteiger partial charge < -0.3 is 0 Å². The van der Waals surface area contributed by atoms with Crippen LogP contribution >= 0.6 is 0 Å². The first kappa shape index (κ1) is 11.1. The largest absolute Gasteiger partial charge is 0.283 e. The van der Waals surface area contributed by atoms with Gasteiger partial charge in [0.05, 0.1) is 5.41 Å². The number of amides is 1. The SMILES string of the molecule is Cc1ccc(C2(C(=O)N(C)N)CC2)cc1C. The highest BCUT2D eigenvalue weighted by atomic mass is 16.2. The maximum atomic E-state index is 12.0. The topological polar surface area (TPSA) is 46.3 Å². The van der Waals surface area contributed by atoms with Crippen molar-refractivity contribution in [1.29, 1.82) is 0 Å². The van der Waals surface area contributed by atoms with Crippen LogP contribution in [0, 0.1) is 13.8 Å². The van der Waals surface area contributed by atoms with Crippen LogP contribution in [0.4, 0.5) is 0 Å². The van der Waals surface area contributed by atoms with E-state index in [1.165, 1.54) is 16.1 Å². The van der Waals surface area contributed by atoms with Gasteiger partial charge in [0.15, 0.2) is 0 Å². The third-order valence-corrected chi connectivity index (χ3v) is 3.54. The summed E-state index contributed by atoms with van der Waals surface area (Å²) in [7, 11) is 1.61. The van der Waals surface area contributed by atoms with E-state index in [2.05, 4.69) is 32.0 Å². The minimum absolute atomic E-state index is 0.0238. The summed E-state index contributed by atoms with van der Waals surface area (Å²) in [5.41, 5.74) is 3.27. The summed E-state index contributed by atoms with van der Waals surface area (Å²) in [6.45, 7) is 4.15. The highest BCUT2D eigenvalue weighted by molar-refractivity contribution is 5.90. The molecule has 3 nitrogen and oxygen atoms in total. The zero-order valence-corrected chi connectivity index (χ0v) is 10.1.